The molecule has 0 amide bonds. The quantitative estimate of drug-likeness (QED) is 0.739. The van der Waals surface area contributed by atoms with Gasteiger partial charge in [-0.05, 0) is 12.1 Å². The van der Waals surface area contributed by atoms with Crippen molar-refractivity contribution in [2.75, 3.05) is 0 Å². The molecule has 2 aromatic rings. The van der Waals surface area contributed by atoms with Gasteiger partial charge in [0.05, 0.1) is 22.8 Å². The standard InChI is InChI=1S/C13H9ClN2/c14-8-13-11(9-15)6-7-12(16-13)10-4-2-1-3-5-10/h1-7H,8H2. The Morgan fingerprint density at radius 3 is 2.50 bits per heavy atom. The third-order valence-electron chi connectivity index (χ3n) is 2.29. The normalized spacial score (nSPS) is 9.75. The number of hydrogen-bond acceptors (Lipinski definition) is 2. The molecule has 0 saturated carbocycles. The van der Waals surface area contributed by atoms with Crippen molar-refractivity contribution in [3.63, 3.8) is 0 Å². The van der Waals surface area contributed by atoms with Crippen LogP contribution in [-0.4, -0.2) is 4.98 Å². The number of aromatic nitrogens is 1. The lowest BCUT2D eigenvalue weighted by Gasteiger charge is -2.04. The maximum absolute atomic E-state index is 8.86. The molecule has 0 fully saturated rings. The maximum Gasteiger partial charge on any atom is 0.101 e. The van der Waals surface area contributed by atoms with E-state index >= 15 is 0 Å². The molecule has 0 aliphatic heterocycles. The first kappa shape index (κ1) is 10.7. The van der Waals surface area contributed by atoms with E-state index in [1.54, 1.807) is 6.07 Å². The van der Waals surface area contributed by atoms with E-state index in [4.69, 9.17) is 16.9 Å². The summed E-state index contributed by atoms with van der Waals surface area (Å²) in [7, 11) is 0. The van der Waals surface area contributed by atoms with Crippen molar-refractivity contribution in [3.05, 3.63) is 53.7 Å². The number of pyridine rings is 1. The van der Waals surface area contributed by atoms with Crippen LogP contribution in [0.25, 0.3) is 11.3 Å². The predicted molar refractivity (Wildman–Crippen MR) is 63.9 cm³/mol. The highest BCUT2D eigenvalue weighted by Crippen LogP contribution is 2.19. The van der Waals surface area contributed by atoms with E-state index in [0.29, 0.717) is 11.3 Å². The Balaban J connectivity index is 2.49. The van der Waals surface area contributed by atoms with Gasteiger partial charge in [0, 0.05) is 5.56 Å². The molecule has 16 heavy (non-hydrogen) atoms. The van der Waals surface area contributed by atoms with Gasteiger partial charge in [0.15, 0.2) is 0 Å². The maximum atomic E-state index is 8.86. The third-order valence-corrected chi connectivity index (χ3v) is 2.54. The van der Waals surface area contributed by atoms with E-state index in [-0.39, 0.29) is 5.88 Å². The summed E-state index contributed by atoms with van der Waals surface area (Å²) in [6.45, 7) is 0. The summed E-state index contributed by atoms with van der Waals surface area (Å²) in [6, 6.07) is 15.5. The van der Waals surface area contributed by atoms with Crippen molar-refractivity contribution >= 4 is 11.6 Å². The molecule has 0 aliphatic rings. The molecule has 0 spiro atoms. The van der Waals surface area contributed by atoms with Crippen LogP contribution in [0.5, 0.6) is 0 Å². The number of hydrogen-bond donors (Lipinski definition) is 0. The van der Waals surface area contributed by atoms with E-state index in [1.165, 1.54) is 0 Å². The van der Waals surface area contributed by atoms with Crippen molar-refractivity contribution in [1.29, 1.82) is 5.26 Å². The van der Waals surface area contributed by atoms with Gasteiger partial charge < -0.3 is 0 Å². The van der Waals surface area contributed by atoms with E-state index in [2.05, 4.69) is 11.1 Å². The smallest absolute Gasteiger partial charge is 0.101 e. The lowest BCUT2D eigenvalue weighted by Crippen LogP contribution is -1.93. The van der Waals surface area contributed by atoms with E-state index in [9.17, 15) is 0 Å². The molecule has 2 rings (SSSR count). The minimum absolute atomic E-state index is 0.254. The highest BCUT2D eigenvalue weighted by atomic mass is 35.5. The number of rotatable bonds is 2. The molecule has 1 aromatic heterocycles. The van der Waals surface area contributed by atoms with Gasteiger partial charge in [-0.15, -0.1) is 11.6 Å². The van der Waals surface area contributed by atoms with Crippen molar-refractivity contribution in [3.8, 4) is 17.3 Å². The molecule has 2 nitrogen and oxygen atoms in total. The molecule has 0 unspecified atom stereocenters. The molecule has 1 aromatic carbocycles. The van der Waals surface area contributed by atoms with Crippen LogP contribution in [0.2, 0.25) is 0 Å². The first-order valence-electron chi connectivity index (χ1n) is 4.86. The summed E-state index contributed by atoms with van der Waals surface area (Å²) in [5.74, 6) is 0.254. The zero-order valence-corrected chi connectivity index (χ0v) is 9.28. The third kappa shape index (κ3) is 2.05. The minimum Gasteiger partial charge on any atom is -0.250 e. The van der Waals surface area contributed by atoms with Crippen molar-refractivity contribution < 1.29 is 0 Å². The zero-order chi connectivity index (χ0) is 11.4. The Kier molecular flexibility index (Phi) is 3.19. The van der Waals surface area contributed by atoms with Crippen LogP contribution in [0.15, 0.2) is 42.5 Å². The fraction of sp³-hybridized carbons (Fsp3) is 0.0769. The molecule has 0 atom stereocenters. The Morgan fingerprint density at radius 2 is 1.88 bits per heavy atom. The van der Waals surface area contributed by atoms with Crippen molar-refractivity contribution in [2.45, 2.75) is 5.88 Å². The summed E-state index contributed by atoms with van der Waals surface area (Å²) in [5.41, 5.74) is 3.04. The van der Waals surface area contributed by atoms with E-state index in [1.807, 2.05) is 36.4 Å². The molecular formula is C13H9ClN2. The van der Waals surface area contributed by atoms with E-state index < -0.39 is 0 Å². The zero-order valence-electron chi connectivity index (χ0n) is 8.52. The minimum atomic E-state index is 0.254. The second-order valence-corrected chi connectivity index (χ2v) is 3.57. The summed E-state index contributed by atoms with van der Waals surface area (Å²) < 4.78 is 0. The number of nitrogens with zero attached hydrogens (tertiary/aromatic N) is 2. The molecule has 1 heterocycles. The molecule has 78 valence electrons. The predicted octanol–water partition coefficient (Wildman–Crippen LogP) is 3.36. The van der Waals surface area contributed by atoms with Crippen LogP contribution in [0.1, 0.15) is 11.3 Å². The Hall–Kier alpha value is -1.85. The van der Waals surface area contributed by atoms with Crippen LogP contribution in [0.3, 0.4) is 0 Å². The molecule has 0 N–H and O–H groups in total. The van der Waals surface area contributed by atoms with E-state index in [0.717, 1.165) is 11.3 Å². The van der Waals surface area contributed by atoms with Gasteiger partial charge in [-0.2, -0.15) is 5.26 Å². The monoisotopic (exact) mass is 228 g/mol. The first-order chi connectivity index (χ1) is 7.85. The lowest BCUT2D eigenvalue weighted by atomic mass is 10.1. The summed E-state index contributed by atoms with van der Waals surface area (Å²) >= 11 is 5.76. The van der Waals surface area contributed by atoms with Crippen molar-refractivity contribution in [2.24, 2.45) is 0 Å². The number of benzene rings is 1. The van der Waals surface area contributed by atoms with Gasteiger partial charge in [0.25, 0.3) is 0 Å². The second-order valence-electron chi connectivity index (χ2n) is 3.30. The average molecular weight is 229 g/mol. The summed E-state index contributed by atoms with van der Waals surface area (Å²) in [5, 5.41) is 8.86. The molecule has 0 radical (unpaired) electrons. The SMILES string of the molecule is N#Cc1ccc(-c2ccccc2)nc1CCl. The topological polar surface area (TPSA) is 36.7 Å². The molecule has 0 aliphatic carbocycles. The Morgan fingerprint density at radius 1 is 1.12 bits per heavy atom. The second kappa shape index (κ2) is 4.78. The number of halogens is 1. The highest BCUT2D eigenvalue weighted by Gasteiger charge is 2.05. The number of nitriles is 1. The van der Waals surface area contributed by atoms with Crippen LogP contribution in [0, 0.1) is 11.3 Å². The highest BCUT2D eigenvalue weighted by molar-refractivity contribution is 6.17. The van der Waals surface area contributed by atoms with Crippen LogP contribution >= 0.6 is 11.6 Å². The molecule has 0 bridgehead atoms. The Labute approximate surface area is 99.1 Å². The van der Waals surface area contributed by atoms with Crippen LogP contribution in [-0.2, 0) is 5.88 Å². The fourth-order valence-electron chi connectivity index (χ4n) is 1.47. The van der Waals surface area contributed by atoms with Gasteiger partial charge in [0.1, 0.15) is 6.07 Å². The van der Waals surface area contributed by atoms with Gasteiger partial charge in [-0.3, -0.25) is 4.98 Å². The van der Waals surface area contributed by atoms with Crippen molar-refractivity contribution in [1.82, 2.24) is 4.98 Å². The summed E-state index contributed by atoms with van der Waals surface area (Å²) in [4.78, 5) is 4.38. The van der Waals surface area contributed by atoms with Crippen LogP contribution < -0.4 is 0 Å². The first-order valence-corrected chi connectivity index (χ1v) is 5.40. The number of alkyl halides is 1. The molecular weight excluding hydrogens is 220 g/mol. The fourth-order valence-corrected chi connectivity index (χ4v) is 1.68. The van der Waals surface area contributed by atoms with Gasteiger partial charge >= 0.3 is 0 Å². The Bertz CT molecular complexity index is 529. The van der Waals surface area contributed by atoms with Gasteiger partial charge in [-0.1, -0.05) is 30.3 Å². The largest absolute Gasteiger partial charge is 0.250 e. The molecule has 3 heteroatoms. The average Bonchev–Trinajstić information content (AvgIpc) is 2.39. The molecule has 0 saturated heterocycles. The summed E-state index contributed by atoms with van der Waals surface area (Å²) in [6.07, 6.45) is 0. The van der Waals surface area contributed by atoms with Gasteiger partial charge in [0.2, 0.25) is 0 Å². The van der Waals surface area contributed by atoms with Crippen LogP contribution in [0.4, 0.5) is 0 Å². The van der Waals surface area contributed by atoms with Gasteiger partial charge in [-0.25, -0.2) is 0 Å². The lowest BCUT2D eigenvalue weighted by molar-refractivity contribution is 1.15.